The number of benzene rings is 1. The minimum Gasteiger partial charge on any atom is -0.481 e. The third-order valence-corrected chi connectivity index (χ3v) is 4.77. The highest BCUT2D eigenvalue weighted by atomic mass is 19.1. The molecule has 1 aliphatic rings. The maximum atomic E-state index is 14.0. The minimum atomic E-state index is -0.988. The van der Waals surface area contributed by atoms with E-state index in [9.17, 15) is 23.9 Å². The molecule has 0 aliphatic carbocycles. The third-order valence-electron chi connectivity index (χ3n) is 4.77. The summed E-state index contributed by atoms with van der Waals surface area (Å²) in [5.74, 6) is -3.45. The van der Waals surface area contributed by atoms with Crippen molar-refractivity contribution < 1.29 is 28.6 Å². The molecule has 2 rings (SSSR count). The number of carbonyl (C=O) groups is 3. The zero-order valence-electron chi connectivity index (χ0n) is 16.3. The van der Waals surface area contributed by atoms with E-state index in [2.05, 4.69) is 0 Å². The lowest BCUT2D eigenvalue weighted by Crippen LogP contribution is -2.42. The molecule has 28 heavy (non-hydrogen) atoms. The Bertz CT molecular complexity index is 712. The second-order valence-corrected chi connectivity index (χ2v) is 6.93. The zero-order chi connectivity index (χ0) is 20.7. The van der Waals surface area contributed by atoms with Gasteiger partial charge in [-0.1, -0.05) is 19.1 Å². The summed E-state index contributed by atoms with van der Waals surface area (Å²) < 4.78 is 19.3. The number of para-hydroxylation sites is 1. The van der Waals surface area contributed by atoms with E-state index >= 15 is 0 Å². The van der Waals surface area contributed by atoms with Crippen molar-refractivity contribution in [3.8, 4) is 0 Å². The van der Waals surface area contributed by atoms with Crippen LogP contribution >= 0.6 is 0 Å². The Morgan fingerprint density at radius 3 is 2.75 bits per heavy atom. The van der Waals surface area contributed by atoms with Crippen LogP contribution in [0.3, 0.4) is 0 Å². The molecule has 154 valence electrons. The molecule has 0 bridgehead atoms. The number of carboxylic acids is 1. The Labute approximate surface area is 164 Å². The average molecular weight is 394 g/mol. The van der Waals surface area contributed by atoms with Crippen LogP contribution in [-0.2, 0) is 19.1 Å². The van der Waals surface area contributed by atoms with Crippen molar-refractivity contribution >= 4 is 23.5 Å². The van der Waals surface area contributed by atoms with Crippen molar-refractivity contribution in [2.75, 3.05) is 37.7 Å². The molecular formula is C20H27FN2O5. The predicted octanol–water partition coefficient (Wildman–Crippen LogP) is 2.15. The second kappa shape index (κ2) is 10.2. The molecule has 1 aromatic carbocycles. The lowest BCUT2D eigenvalue weighted by molar-refractivity contribution is -0.144. The second-order valence-electron chi connectivity index (χ2n) is 6.93. The number of amides is 2. The molecule has 1 saturated heterocycles. The smallest absolute Gasteiger partial charge is 0.308 e. The first-order valence-corrected chi connectivity index (χ1v) is 9.49. The number of halogens is 1. The summed E-state index contributed by atoms with van der Waals surface area (Å²) in [6.45, 7) is 4.93. The predicted molar refractivity (Wildman–Crippen MR) is 101 cm³/mol. The Hall–Kier alpha value is -2.48. The van der Waals surface area contributed by atoms with Gasteiger partial charge in [0.15, 0.2) is 0 Å². The maximum Gasteiger partial charge on any atom is 0.308 e. The molecule has 1 N–H and O–H groups in total. The molecule has 8 heteroatoms. The highest BCUT2D eigenvalue weighted by molar-refractivity contribution is 6.00. The molecule has 2 atom stereocenters. The molecule has 2 amide bonds. The monoisotopic (exact) mass is 394 g/mol. The van der Waals surface area contributed by atoms with Crippen LogP contribution in [0.1, 0.15) is 26.7 Å². The first-order valence-electron chi connectivity index (χ1n) is 9.49. The molecule has 1 aliphatic heterocycles. The molecule has 0 radical (unpaired) electrons. The van der Waals surface area contributed by atoms with Crippen LogP contribution in [0.15, 0.2) is 24.3 Å². The van der Waals surface area contributed by atoms with Gasteiger partial charge in [-0.15, -0.1) is 0 Å². The van der Waals surface area contributed by atoms with E-state index < -0.39 is 23.6 Å². The first kappa shape index (κ1) is 21.8. The van der Waals surface area contributed by atoms with E-state index in [-0.39, 0.29) is 37.0 Å². The molecule has 0 spiro atoms. The van der Waals surface area contributed by atoms with E-state index in [1.54, 1.807) is 6.07 Å². The molecule has 7 nitrogen and oxygen atoms in total. The quantitative estimate of drug-likeness (QED) is 0.615. The van der Waals surface area contributed by atoms with Crippen molar-refractivity contribution in [1.29, 1.82) is 0 Å². The number of ether oxygens (including phenoxy) is 1. The van der Waals surface area contributed by atoms with Gasteiger partial charge in [0, 0.05) is 39.3 Å². The number of carbonyl (C=O) groups excluding carboxylic acids is 2. The van der Waals surface area contributed by atoms with Gasteiger partial charge < -0.3 is 19.6 Å². The summed E-state index contributed by atoms with van der Waals surface area (Å²) in [5, 5.41) is 9.18. The van der Waals surface area contributed by atoms with Crippen LogP contribution in [0, 0.1) is 17.7 Å². The minimum absolute atomic E-state index is 0.0173. The summed E-state index contributed by atoms with van der Waals surface area (Å²) in [6, 6.07) is 5.95. The number of carboxylic acid groups (broad SMARTS) is 1. The summed E-state index contributed by atoms with van der Waals surface area (Å²) >= 11 is 0. The van der Waals surface area contributed by atoms with E-state index in [1.807, 2.05) is 6.92 Å². The average Bonchev–Trinajstić information content (AvgIpc) is 3.05. The molecule has 1 aromatic rings. The normalized spacial score (nSPS) is 17.6. The molecular weight excluding hydrogens is 367 g/mol. The van der Waals surface area contributed by atoms with Crippen molar-refractivity contribution in [3.05, 3.63) is 30.1 Å². The standard InChI is InChI=1S/C20H27FN2O5/c1-3-28-10-6-9-22(12-14(2)20(26)27)19(25)15-11-18(24)23(13-15)17-8-5-4-7-16(17)21/h4-5,7-8,14-15H,3,6,9-13H2,1-2H3,(H,26,27). The summed E-state index contributed by atoms with van der Waals surface area (Å²) in [4.78, 5) is 39.4. The van der Waals surface area contributed by atoms with Gasteiger partial charge in [0.25, 0.3) is 0 Å². The van der Waals surface area contributed by atoms with Crippen LogP contribution < -0.4 is 4.90 Å². The SMILES string of the molecule is CCOCCCN(CC(C)C(=O)O)C(=O)C1CC(=O)N(c2ccccc2F)C1. The van der Waals surface area contributed by atoms with Crippen LogP contribution in [0.5, 0.6) is 0 Å². The lowest BCUT2D eigenvalue weighted by atomic mass is 10.1. The number of aliphatic carboxylic acids is 1. The lowest BCUT2D eigenvalue weighted by Gasteiger charge is -2.27. The van der Waals surface area contributed by atoms with Crippen LogP contribution in [0.2, 0.25) is 0 Å². The first-order chi connectivity index (χ1) is 13.3. The number of nitrogens with zero attached hydrogens (tertiary/aromatic N) is 2. The van der Waals surface area contributed by atoms with Crippen molar-refractivity contribution in [3.63, 3.8) is 0 Å². The van der Waals surface area contributed by atoms with Gasteiger partial charge in [-0.2, -0.15) is 0 Å². The fourth-order valence-electron chi connectivity index (χ4n) is 3.24. The number of anilines is 1. The molecule has 2 unspecified atom stereocenters. The van der Waals surface area contributed by atoms with Gasteiger partial charge >= 0.3 is 5.97 Å². The van der Waals surface area contributed by atoms with Crippen LogP contribution in [0.25, 0.3) is 0 Å². The van der Waals surface area contributed by atoms with Crippen LogP contribution in [0.4, 0.5) is 10.1 Å². The fraction of sp³-hybridized carbons (Fsp3) is 0.550. The topological polar surface area (TPSA) is 87.1 Å². The Kier molecular flexibility index (Phi) is 7.92. The van der Waals surface area contributed by atoms with Gasteiger partial charge in [-0.05, 0) is 25.5 Å². The summed E-state index contributed by atoms with van der Waals surface area (Å²) in [6.07, 6.45) is 0.556. The van der Waals surface area contributed by atoms with Crippen molar-refractivity contribution in [1.82, 2.24) is 4.90 Å². The van der Waals surface area contributed by atoms with Gasteiger partial charge in [-0.3, -0.25) is 14.4 Å². The van der Waals surface area contributed by atoms with Gasteiger partial charge in [0.1, 0.15) is 5.82 Å². The van der Waals surface area contributed by atoms with Crippen LogP contribution in [-0.4, -0.2) is 60.6 Å². The molecule has 0 aromatic heterocycles. The summed E-state index contributed by atoms with van der Waals surface area (Å²) in [7, 11) is 0. The maximum absolute atomic E-state index is 14.0. The van der Waals surface area contributed by atoms with Gasteiger partial charge in [0.05, 0.1) is 17.5 Å². The van der Waals surface area contributed by atoms with E-state index in [1.165, 1.54) is 34.9 Å². The molecule has 0 saturated carbocycles. The Morgan fingerprint density at radius 1 is 1.39 bits per heavy atom. The highest BCUT2D eigenvalue weighted by Gasteiger charge is 2.38. The van der Waals surface area contributed by atoms with E-state index in [4.69, 9.17) is 4.74 Å². The van der Waals surface area contributed by atoms with Crippen molar-refractivity contribution in [2.24, 2.45) is 11.8 Å². The van der Waals surface area contributed by atoms with E-state index in [0.29, 0.717) is 26.2 Å². The fourth-order valence-corrected chi connectivity index (χ4v) is 3.24. The third kappa shape index (κ3) is 5.51. The number of hydrogen-bond donors (Lipinski definition) is 1. The largest absolute Gasteiger partial charge is 0.481 e. The highest BCUT2D eigenvalue weighted by Crippen LogP contribution is 2.28. The number of hydrogen-bond acceptors (Lipinski definition) is 4. The summed E-state index contributed by atoms with van der Waals surface area (Å²) in [5.41, 5.74) is 0.157. The van der Waals surface area contributed by atoms with E-state index in [0.717, 1.165) is 0 Å². The molecule has 1 heterocycles. The van der Waals surface area contributed by atoms with Gasteiger partial charge in [-0.25, -0.2) is 4.39 Å². The van der Waals surface area contributed by atoms with Crippen molar-refractivity contribution in [2.45, 2.75) is 26.7 Å². The zero-order valence-corrected chi connectivity index (χ0v) is 16.3. The molecule has 1 fully saturated rings. The van der Waals surface area contributed by atoms with Gasteiger partial charge in [0.2, 0.25) is 11.8 Å². The Balaban J connectivity index is 2.08. The number of rotatable bonds is 10. The Morgan fingerprint density at radius 2 is 2.11 bits per heavy atom.